The van der Waals surface area contributed by atoms with Crippen LogP contribution in [0.4, 0.5) is 8.78 Å². The van der Waals surface area contributed by atoms with Gasteiger partial charge in [-0.3, -0.25) is 19.2 Å². The van der Waals surface area contributed by atoms with Crippen LogP contribution in [0, 0.1) is 11.6 Å². The number of benzene rings is 6. The van der Waals surface area contributed by atoms with E-state index >= 15 is 0 Å². The quantitative estimate of drug-likeness (QED) is 0.157. The molecule has 6 aromatic carbocycles. The topological polar surface area (TPSA) is 151 Å². The lowest BCUT2D eigenvalue weighted by molar-refractivity contribution is -0.131. The highest BCUT2D eigenvalue weighted by Gasteiger charge is 2.52. The molecule has 8 aromatic rings. The molecule has 0 saturated carbocycles. The van der Waals surface area contributed by atoms with Crippen molar-refractivity contribution in [3.8, 4) is 11.3 Å². The van der Waals surface area contributed by atoms with Gasteiger partial charge in [0.15, 0.2) is 5.15 Å². The minimum atomic E-state index is -0.747. The SMILES string of the molecule is C.CC1(C)OB(c2ccc(CC(=O)N3Cc4ccccc4C3)cc2F)OC1(C)C.O=C(Cc1ccc(-c2n[nH]c(=O)c3ccccc23)c(F)c1)N1Cc2ccccc2C1.O=c1[nH]nc(Cl)c2ccccc12. The van der Waals surface area contributed by atoms with Crippen LogP contribution in [0.2, 0.25) is 5.15 Å². The summed E-state index contributed by atoms with van der Waals surface area (Å²) in [6.45, 7) is 10.1. The fourth-order valence-electron chi connectivity index (χ4n) is 8.70. The molecular formula is C55H52BClF2N6O6. The van der Waals surface area contributed by atoms with Gasteiger partial charge in [-0.2, -0.15) is 10.2 Å². The number of nitrogens with one attached hydrogen (secondary N) is 2. The third-order valence-electron chi connectivity index (χ3n) is 13.3. The Morgan fingerprint density at radius 3 is 1.46 bits per heavy atom. The average molecular weight is 977 g/mol. The predicted octanol–water partition coefficient (Wildman–Crippen LogP) is 9.24. The first kappa shape index (κ1) is 50.1. The van der Waals surface area contributed by atoms with Gasteiger partial charge in [-0.15, -0.1) is 0 Å². The number of hydrogen-bond acceptors (Lipinski definition) is 8. The monoisotopic (exact) mass is 976 g/mol. The molecule has 11 rings (SSSR count). The largest absolute Gasteiger partial charge is 0.497 e. The van der Waals surface area contributed by atoms with Crippen LogP contribution < -0.4 is 16.6 Å². The second-order valence-corrected chi connectivity index (χ2v) is 18.8. The van der Waals surface area contributed by atoms with E-state index in [1.54, 1.807) is 71.6 Å². The van der Waals surface area contributed by atoms with Crippen molar-refractivity contribution in [1.82, 2.24) is 30.2 Å². The highest BCUT2D eigenvalue weighted by molar-refractivity contribution is 6.62. The number of halogens is 3. The molecule has 0 unspecified atom stereocenters. The Bertz CT molecular complexity index is 3370. The molecule has 0 spiro atoms. The maximum atomic E-state index is 15.0. The molecule has 12 nitrogen and oxygen atoms in total. The summed E-state index contributed by atoms with van der Waals surface area (Å²) >= 11 is 5.75. The zero-order valence-electron chi connectivity index (χ0n) is 38.9. The molecule has 0 atom stereocenters. The maximum absolute atomic E-state index is 15.0. The van der Waals surface area contributed by atoms with E-state index in [0.717, 1.165) is 11.1 Å². The van der Waals surface area contributed by atoms with Gasteiger partial charge in [0.05, 0.1) is 34.8 Å². The summed E-state index contributed by atoms with van der Waals surface area (Å²) in [4.78, 5) is 52.1. The van der Waals surface area contributed by atoms with Gasteiger partial charge in [-0.25, -0.2) is 19.0 Å². The first-order valence-corrected chi connectivity index (χ1v) is 23.2. The van der Waals surface area contributed by atoms with Crippen molar-refractivity contribution in [1.29, 1.82) is 0 Å². The fourth-order valence-corrected chi connectivity index (χ4v) is 8.90. The Balaban J connectivity index is 0.000000153. The van der Waals surface area contributed by atoms with Crippen LogP contribution in [0.3, 0.4) is 0 Å². The molecule has 5 heterocycles. The van der Waals surface area contributed by atoms with E-state index in [1.807, 2.05) is 87.2 Å². The molecule has 0 aliphatic carbocycles. The lowest BCUT2D eigenvalue weighted by Crippen LogP contribution is -2.41. The van der Waals surface area contributed by atoms with Gasteiger partial charge < -0.3 is 19.1 Å². The molecule has 1 fully saturated rings. The zero-order chi connectivity index (χ0) is 49.3. The predicted molar refractivity (Wildman–Crippen MR) is 273 cm³/mol. The van der Waals surface area contributed by atoms with Gasteiger partial charge in [0.25, 0.3) is 11.1 Å². The number of carbonyl (C=O) groups excluding carboxylic acids is 2. The number of fused-ring (bicyclic) bond motifs is 4. The number of carbonyl (C=O) groups is 2. The Morgan fingerprint density at radius 1 is 0.592 bits per heavy atom. The second kappa shape index (κ2) is 20.6. The molecule has 16 heteroatoms. The summed E-state index contributed by atoms with van der Waals surface area (Å²) in [5.41, 5.74) is 5.37. The van der Waals surface area contributed by atoms with Crippen molar-refractivity contribution in [3.05, 3.63) is 204 Å². The standard InChI is InChI=1S/C24H18FN3O2.C22H25BFNO3.C8H5ClN2O.CH4/c25-21-11-15(12-22(29)28-13-16-5-1-2-6-17(16)14-28)9-10-20(21)23-18-7-3-4-8-19(18)24(30)27-26-23;1-21(2)22(3,4)28-23(27-21)18-10-9-15(11-19(18)24)12-20(26)25-13-16-7-5-6-8-17(16)14-25;9-7-5-3-1-2-4-6(5)8(12)11-10-7;/h1-11H,12-14H2,(H,27,30);5-11H,12-14H2,1-4H3;1-4H,(H,11,12);1H4. The van der Waals surface area contributed by atoms with E-state index < -0.39 is 30.0 Å². The van der Waals surface area contributed by atoms with E-state index in [-0.39, 0.29) is 48.8 Å². The van der Waals surface area contributed by atoms with Crippen molar-refractivity contribution in [3.63, 3.8) is 0 Å². The Kier molecular flexibility index (Phi) is 14.5. The Morgan fingerprint density at radius 2 is 1.00 bits per heavy atom. The van der Waals surface area contributed by atoms with E-state index in [4.69, 9.17) is 20.9 Å². The van der Waals surface area contributed by atoms with Crippen LogP contribution >= 0.6 is 11.6 Å². The third kappa shape index (κ3) is 10.6. The average Bonchev–Trinajstić information content (AvgIpc) is 4.05. The number of H-pyrrole nitrogens is 2. The normalized spacial score (nSPS) is 15.0. The number of nitrogens with zero attached hydrogens (tertiary/aromatic N) is 4. The number of aromatic amines is 2. The minimum Gasteiger partial charge on any atom is -0.399 e. The molecule has 362 valence electrons. The molecule has 2 N–H and O–H groups in total. The lowest BCUT2D eigenvalue weighted by atomic mass is 9.78. The molecule has 2 aromatic heterocycles. The van der Waals surface area contributed by atoms with Gasteiger partial charge in [0.1, 0.15) is 17.3 Å². The van der Waals surface area contributed by atoms with Crippen molar-refractivity contribution >= 4 is 57.5 Å². The van der Waals surface area contributed by atoms with Crippen LogP contribution in [0.5, 0.6) is 0 Å². The van der Waals surface area contributed by atoms with Crippen molar-refractivity contribution < 1.29 is 27.7 Å². The molecule has 3 aliphatic rings. The van der Waals surface area contributed by atoms with Crippen LogP contribution in [0.15, 0.2) is 143 Å². The summed E-state index contributed by atoms with van der Waals surface area (Å²) in [6, 6.07) is 39.7. The number of rotatable bonds is 6. The second-order valence-electron chi connectivity index (χ2n) is 18.5. The molecule has 0 bridgehead atoms. The third-order valence-corrected chi connectivity index (χ3v) is 13.6. The molecule has 71 heavy (non-hydrogen) atoms. The van der Waals surface area contributed by atoms with Crippen molar-refractivity contribution in [2.24, 2.45) is 0 Å². The summed E-state index contributed by atoms with van der Waals surface area (Å²) in [5.74, 6) is -0.923. The smallest absolute Gasteiger partial charge is 0.399 e. The Labute approximate surface area is 414 Å². The minimum absolute atomic E-state index is 0. The fraction of sp³-hybridized carbons (Fsp3) is 0.236. The van der Waals surface area contributed by atoms with E-state index in [1.165, 1.54) is 23.3 Å². The highest BCUT2D eigenvalue weighted by Crippen LogP contribution is 2.37. The molecular weight excluding hydrogens is 925 g/mol. The maximum Gasteiger partial charge on any atom is 0.497 e. The van der Waals surface area contributed by atoms with Crippen molar-refractivity contribution in [2.45, 2.75) is 85.3 Å². The van der Waals surface area contributed by atoms with Crippen LogP contribution in [0.25, 0.3) is 32.8 Å². The van der Waals surface area contributed by atoms with Crippen molar-refractivity contribution in [2.75, 3.05) is 0 Å². The van der Waals surface area contributed by atoms with E-state index in [9.17, 15) is 28.0 Å². The van der Waals surface area contributed by atoms with E-state index in [0.29, 0.717) is 75.2 Å². The summed E-state index contributed by atoms with van der Waals surface area (Å²) in [5, 5.41) is 15.0. The Hall–Kier alpha value is -7.33. The van der Waals surface area contributed by atoms with Crippen LogP contribution in [-0.2, 0) is 57.9 Å². The number of amides is 2. The van der Waals surface area contributed by atoms with E-state index in [2.05, 4.69) is 20.4 Å². The number of hydrogen-bond donors (Lipinski definition) is 2. The summed E-state index contributed by atoms with van der Waals surface area (Å²) in [6.07, 6.45) is 0.305. The van der Waals surface area contributed by atoms with Gasteiger partial charge >= 0.3 is 7.12 Å². The number of aromatic nitrogens is 4. The van der Waals surface area contributed by atoms with Gasteiger partial charge in [0.2, 0.25) is 11.8 Å². The zero-order valence-corrected chi connectivity index (χ0v) is 39.6. The van der Waals surface area contributed by atoms with Crippen LogP contribution in [-0.4, -0.2) is 60.3 Å². The highest BCUT2D eigenvalue weighted by atomic mass is 35.5. The molecule has 3 aliphatic heterocycles. The van der Waals surface area contributed by atoms with Gasteiger partial charge in [0, 0.05) is 48.0 Å². The first-order chi connectivity index (χ1) is 33.5. The lowest BCUT2D eigenvalue weighted by Gasteiger charge is -2.32. The first-order valence-electron chi connectivity index (χ1n) is 22.8. The molecule has 0 radical (unpaired) electrons. The summed E-state index contributed by atoms with van der Waals surface area (Å²) < 4.78 is 41.6. The molecule has 2 amide bonds. The van der Waals surface area contributed by atoms with Gasteiger partial charge in [-0.05, 0) is 91.4 Å². The van der Waals surface area contributed by atoms with Crippen LogP contribution in [0.1, 0.15) is 68.5 Å². The summed E-state index contributed by atoms with van der Waals surface area (Å²) in [7, 11) is -0.747. The molecule has 1 saturated heterocycles. The van der Waals surface area contributed by atoms with Gasteiger partial charge in [-0.1, -0.05) is 122 Å².